The fraction of sp³-hybridized carbons (Fsp3) is 0.263. The van der Waals surface area contributed by atoms with E-state index in [4.69, 9.17) is 8.92 Å². The van der Waals surface area contributed by atoms with Crippen LogP contribution in [0.5, 0.6) is 5.75 Å². The van der Waals surface area contributed by atoms with E-state index in [1.807, 2.05) is 12.1 Å². The molecule has 0 N–H and O–H groups in total. The highest BCUT2D eigenvalue weighted by atomic mass is 32.1. The van der Waals surface area contributed by atoms with E-state index in [2.05, 4.69) is 62.8 Å². The molecule has 3 heteroatoms. The number of hydrogen-bond donors (Lipinski definition) is 1. The number of aryl methyl sites for hydroxylation is 1. The van der Waals surface area contributed by atoms with Crippen LogP contribution in [0, 0.1) is 6.92 Å². The second-order valence-corrected chi connectivity index (χ2v) is 5.48. The van der Waals surface area contributed by atoms with Gasteiger partial charge < -0.3 is 8.92 Å². The molecule has 0 radical (unpaired) electrons. The van der Waals surface area contributed by atoms with Crippen LogP contribution in [0.25, 0.3) is 0 Å². The number of rotatable bonds is 8. The van der Waals surface area contributed by atoms with Crippen molar-refractivity contribution in [3.05, 3.63) is 77.9 Å². The van der Waals surface area contributed by atoms with Gasteiger partial charge in [-0.15, -0.1) is 0 Å². The van der Waals surface area contributed by atoms with E-state index < -0.39 is 0 Å². The van der Waals surface area contributed by atoms with Crippen LogP contribution in [0.4, 0.5) is 0 Å². The van der Waals surface area contributed by atoms with Gasteiger partial charge in [0.25, 0.3) is 0 Å². The van der Waals surface area contributed by atoms with Gasteiger partial charge in [0.1, 0.15) is 12.4 Å². The molecule has 116 valence electrons. The summed E-state index contributed by atoms with van der Waals surface area (Å²) in [6.07, 6.45) is 2.61. The van der Waals surface area contributed by atoms with Gasteiger partial charge in [-0.1, -0.05) is 60.7 Å². The highest BCUT2D eigenvalue weighted by molar-refractivity contribution is 7.75. The molecular formula is C19H22O2S. The van der Waals surface area contributed by atoms with Crippen LogP contribution in [0.15, 0.2) is 61.2 Å². The smallest absolute Gasteiger partial charge is 0.123 e. The standard InChI is InChI=1S/C19H22O2S/c1-3-12-20-19-10-9-15(2)14-18(19)17(11-13-21-22)16-7-5-4-6-8-16/h3-10,14,17,22H,1,11-13H2,2H3. The van der Waals surface area contributed by atoms with Crippen molar-refractivity contribution in [2.45, 2.75) is 19.3 Å². The van der Waals surface area contributed by atoms with Gasteiger partial charge in [0.05, 0.1) is 6.61 Å². The molecule has 2 aromatic rings. The summed E-state index contributed by atoms with van der Waals surface area (Å²) >= 11 is 3.88. The van der Waals surface area contributed by atoms with Gasteiger partial charge in [-0.05, 0) is 37.9 Å². The first-order valence-corrected chi connectivity index (χ1v) is 7.78. The summed E-state index contributed by atoms with van der Waals surface area (Å²) in [4.78, 5) is 0. The summed E-state index contributed by atoms with van der Waals surface area (Å²) in [5.41, 5.74) is 3.65. The van der Waals surface area contributed by atoms with Gasteiger partial charge in [-0.3, -0.25) is 0 Å². The predicted octanol–water partition coefficient (Wildman–Crippen LogP) is 4.94. The van der Waals surface area contributed by atoms with Crippen molar-refractivity contribution in [1.29, 1.82) is 0 Å². The topological polar surface area (TPSA) is 18.5 Å². The van der Waals surface area contributed by atoms with Gasteiger partial charge in [0.15, 0.2) is 0 Å². The van der Waals surface area contributed by atoms with E-state index in [9.17, 15) is 0 Å². The highest BCUT2D eigenvalue weighted by Crippen LogP contribution is 2.35. The Hall–Kier alpha value is -1.71. The zero-order valence-electron chi connectivity index (χ0n) is 12.9. The minimum atomic E-state index is 0.216. The average molecular weight is 314 g/mol. The maximum Gasteiger partial charge on any atom is 0.123 e. The third-order valence-electron chi connectivity index (χ3n) is 3.60. The number of benzene rings is 2. The fourth-order valence-electron chi connectivity index (χ4n) is 2.58. The lowest BCUT2D eigenvalue weighted by atomic mass is 9.87. The summed E-state index contributed by atoms with van der Waals surface area (Å²) < 4.78 is 10.8. The lowest BCUT2D eigenvalue weighted by Gasteiger charge is -2.21. The maximum atomic E-state index is 5.85. The Morgan fingerprint density at radius 2 is 1.95 bits per heavy atom. The average Bonchev–Trinajstić information content (AvgIpc) is 2.55. The van der Waals surface area contributed by atoms with Crippen molar-refractivity contribution in [2.75, 3.05) is 13.2 Å². The minimum Gasteiger partial charge on any atom is -0.489 e. The second kappa shape index (κ2) is 8.66. The van der Waals surface area contributed by atoms with E-state index >= 15 is 0 Å². The molecule has 0 amide bonds. The number of ether oxygens (including phenoxy) is 1. The van der Waals surface area contributed by atoms with Crippen LogP contribution < -0.4 is 4.74 Å². The van der Waals surface area contributed by atoms with Crippen molar-refractivity contribution in [3.63, 3.8) is 0 Å². The molecular weight excluding hydrogens is 292 g/mol. The van der Waals surface area contributed by atoms with Crippen molar-refractivity contribution < 1.29 is 8.92 Å². The molecule has 0 fully saturated rings. The molecule has 0 bridgehead atoms. The van der Waals surface area contributed by atoms with Gasteiger partial charge in [0.2, 0.25) is 0 Å². The minimum absolute atomic E-state index is 0.216. The summed E-state index contributed by atoms with van der Waals surface area (Å²) in [6.45, 7) is 6.90. The quantitative estimate of drug-likeness (QED) is 0.422. The number of thiol groups is 1. The fourth-order valence-corrected chi connectivity index (χ4v) is 2.68. The SMILES string of the molecule is C=CCOc1ccc(C)cc1C(CCOS)c1ccccc1. The van der Waals surface area contributed by atoms with Crippen LogP contribution in [0.1, 0.15) is 29.0 Å². The molecule has 1 atom stereocenters. The molecule has 0 saturated carbocycles. The molecule has 2 nitrogen and oxygen atoms in total. The third kappa shape index (κ3) is 4.39. The van der Waals surface area contributed by atoms with Crippen LogP contribution in [-0.2, 0) is 4.18 Å². The van der Waals surface area contributed by atoms with Gasteiger partial charge in [0, 0.05) is 11.5 Å². The Bertz CT molecular complexity index is 596. The largest absolute Gasteiger partial charge is 0.489 e. The summed E-state index contributed by atoms with van der Waals surface area (Å²) in [6, 6.07) is 16.7. The Kier molecular flexibility index (Phi) is 6.56. The molecule has 22 heavy (non-hydrogen) atoms. The molecule has 2 rings (SSSR count). The zero-order valence-corrected chi connectivity index (χ0v) is 13.8. The van der Waals surface area contributed by atoms with E-state index in [1.54, 1.807) is 6.08 Å². The number of hydrogen-bond acceptors (Lipinski definition) is 3. The van der Waals surface area contributed by atoms with Gasteiger partial charge in [-0.2, -0.15) is 0 Å². The summed E-state index contributed by atoms with van der Waals surface area (Å²) in [7, 11) is 0. The molecule has 0 aliphatic heterocycles. The van der Waals surface area contributed by atoms with Crippen LogP contribution in [-0.4, -0.2) is 13.2 Å². The monoisotopic (exact) mass is 314 g/mol. The molecule has 0 aliphatic carbocycles. The maximum absolute atomic E-state index is 5.85. The van der Waals surface area contributed by atoms with Crippen molar-refractivity contribution in [2.24, 2.45) is 0 Å². The normalized spacial score (nSPS) is 11.9. The Morgan fingerprint density at radius 3 is 2.64 bits per heavy atom. The first-order valence-electron chi connectivity index (χ1n) is 7.41. The van der Waals surface area contributed by atoms with Crippen LogP contribution in [0.3, 0.4) is 0 Å². The molecule has 0 saturated heterocycles. The zero-order chi connectivity index (χ0) is 15.8. The molecule has 0 spiro atoms. The Balaban J connectivity index is 2.41. The van der Waals surface area contributed by atoms with Crippen LogP contribution >= 0.6 is 12.9 Å². The third-order valence-corrected chi connectivity index (χ3v) is 3.78. The Morgan fingerprint density at radius 1 is 1.18 bits per heavy atom. The van der Waals surface area contributed by atoms with E-state index in [1.165, 1.54) is 16.7 Å². The molecule has 1 unspecified atom stereocenters. The first-order chi connectivity index (χ1) is 10.8. The summed E-state index contributed by atoms with van der Waals surface area (Å²) in [5.74, 6) is 1.12. The van der Waals surface area contributed by atoms with Gasteiger partial charge >= 0.3 is 0 Å². The molecule has 0 aliphatic rings. The van der Waals surface area contributed by atoms with Gasteiger partial charge in [-0.25, -0.2) is 0 Å². The van der Waals surface area contributed by atoms with E-state index in [-0.39, 0.29) is 5.92 Å². The highest BCUT2D eigenvalue weighted by Gasteiger charge is 2.18. The molecule has 2 aromatic carbocycles. The van der Waals surface area contributed by atoms with Crippen molar-refractivity contribution >= 4 is 12.9 Å². The van der Waals surface area contributed by atoms with E-state index in [0.29, 0.717) is 13.2 Å². The van der Waals surface area contributed by atoms with Crippen molar-refractivity contribution in [1.82, 2.24) is 0 Å². The Labute approximate surface area is 138 Å². The van der Waals surface area contributed by atoms with E-state index in [0.717, 1.165) is 12.2 Å². The van der Waals surface area contributed by atoms with Crippen LogP contribution in [0.2, 0.25) is 0 Å². The molecule has 0 aromatic heterocycles. The molecule has 0 heterocycles. The predicted molar refractivity (Wildman–Crippen MR) is 94.7 cm³/mol. The second-order valence-electron chi connectivity index (χ2n) is 5.23. The van der Waals surface area contributed by atoms with Crippen molar-refractivity contribution in [3.8, 4) is 5.75 Å². The lowest BCUT2D eigenvalue weighted by Crippen LogP contribution is -2.07. The first kappa shape index (κ1) is 16.7. The summed E-state index contributed by atoms with van der Waals surface area (Å²) in [5, 5.41) is 0. The lowest BCUT2D eigenvalue weighted by molar-refractivity contribution is 0.344.